The third-order valence-electron chi connectivity index (χ3n) is 2.12. The van der Waals surface area contributed by atoms with Crippen LogP contribution < -0.4 is 10.1 Å². The molecule has 0 aliphatic carbocycles. The molecule has 0 unspecified atom stereocenters. The van der Waals surface area contributed by atoms with Gasteiger partial charge in [0.25, 0.3) is 0 Å². The topological polar surface area (TPSA) is 47.6 Å². The summed E-state index contributed by atoms with van der Waals surface area (Å²) in [5, 5.41) is 2.93. The van der Waals surface area contributed by atoms with Gasteiger partial charge in [-0.15, -0.1) is 0 Å². The molecule has 0 fully saturated rings. The Hall–Kier alpha value is -1.78. The van der Waals surface area contributed by atoms with Crippen molar-refractivity contribution in [1.82, 2.24) is 0 Å². The SMILES string of the molecule is CCOC(=O)CCNc1ccc(OC)c(F)c1. The average Bonchev–Trinajstić information content (AvgIpc) is 2.29. The highest BCUT2D eigenvalue weighted by Gasteiger charge is 2.04. The van der Waals surface area contributed by atoms with Gasteiger partial charge in [0.05, 0.1) is 20.1 Å². The highest BCUT2D eigenvalue weighted by molar-refractivity contribution is 5.70. The van der Waals surface area contributed by atoms with E-state index in [1.54, 1.807) is 13.0 Å². The second kappa shape index (κ2) is 6.73. The Morgan fingerprint density at radius 1 is 1.47 bits per heavy atom. The van der Waals surface area contributed by atoms with Crippen molar-refractivity contribution >= 4 is 11.7 Å². The molecule has 1 N–H and O–H groups in total. The van der Waals surface area contributed by atoms with E-state index in [0.717, 1.165) is 0 Å². The molecule has 4 nitrogen and oxygen atoms in total. The van der Waals surface area contributed by atoms with E-state index in [2.05, 4.69) is 5.32 Å². The molecule has 1 aromatic carbocycles. The summed E-state index contributed by atoms with van der Waals surface area (Å²) in [4.78, 5) is 11.0. The van der Waals surface area contributed by atoms with E-state index >= 15 is 0 Å². The number of methoxy groups -OCH3 is 1. The summed E-state index contributed by atoms with van der Waals surface area (Å²) in [6.45, 7) is 2.53. The van der Waals surface area contributed by atoms with Crippen LogP contribution in [0.25, 0.3) is 0 Å². The summed E-state index contributed by atoms with van der Waals surface area (Å²) >= 11 is 0. The molecule has 0 heterocycles. The Labute approximate surface area is 99.7 Å². The van der Waals surface area contributed by atoms with Gasteiger partial charge in [-0.05, 0) is 19.1 Å². The number of ether oxygens (including phenoxy) is 2. The smallest absolute Gasteiger partial charge is 0.307 e. The number of carbonyl (C=O) groups excluding carboxylic acids is 1. The van der Waals surface area contributed by atoms with Crippen molar-refractivity contribution in [3.8, 4) is 5.75 Å². The fourth-order valence-corrected chi connectivity index (χ4v) is 1.32. The summed E-state index contributed by atoms with van der Waals surface area (Å²) in [5.41, 5.74) is 0.604. The number of esters is 1. The molecule has 1 rings (SSSR count). The molecule has 0 saturated carbocycles. The van der Waals surface area contributed by atoms with E-state index in [4.69, 9.17) is 9.47 Å². The van der Waals surface area contributed by atoms with E-state index in [1.165, 1.54) is 19.2 Å². The summed E-state index contributed by atoms with van der Waals surface area (Å²) in [6, 6.07) is 4.54. The van der Waals surface area contributed by atoms with Crippen molar-refractivity contribution in [2.45, 2.75) is 13.3 Å². The molecular weight excluding hydrogens is 225 g/mol. The molecule has 0 amide bonds. The van der Waals surface area contributed by atoms with E-state index in [-0.39, 0.29) is 18.1 Å². The largest absolute Gasteiger partial charge is 0.494 e. The van der Waals surface area contributed by atoms with Crippen LogP contribution in [0.3, 0.4) is 0 Å². The van der Waals surface area contributed by atoms with E-state index in [1.807, 2.05) is 0 Å². The van der Waals surface area contributed by atoms with Crippen molar-refractivity contribution in [3.05, 3.63) is 24.0 Å². The van der Waals surface area contributed by atoms with Crippen LogP contribution in [0.4, 0.5) is 10.1 Å². The average molecular weight is 241 g/mol. The maximum absolute atomic E-state index is 13.3. The molecule has 0 saturated heterocycles. The number of hydrogen-bond acceptors (Lipinski definition) is 4. The molecule has 0 radical (unpaired) electrons. The Morgan fingerprint density at radius 2 is 2.24 bits per heavy atom. The minimum absolute atomic E-state index is 0.195. The van der Waals surface area contributed by atoms with Crippen LogP contribution >= 0.6 is 0 Å². The van der Waals surface area contributed by atoms with Crippen molar-refractivity contribution in [3.63, 3.8) is 0 Å². The fourth-order valence-electron chi connectivity index (χ4n) is 1.32. The molecule has 0 atom stereocenters. The number of nitrogens with one attached hydrogen (secondary N) is 1. The Kier molecular flexibility index (Phi) is 5.26. The summed E-state index contributed by atoms with van der Waals surface area (Å²) in [6.07, 6.45) is 0.251. The lowest BCUT2D eigenvalue weighted by Crippen LogP contribution is -2.11. The lowest BCUT2D eigenvalue weighted by Gasteiger charge is -2.08. The van der Waals surface area contributed by atoms with Crippen LogP contribution in [0.5, 0.6) is 5.75 Å². The second-order valence-corrected chi connectivity index (χ2v) is 3.33. The Balaban J connectivity index is 2.42. The van der Waals surface area contributed by atoms with Gasteiger partial charge in [0, 0.05) is 18.3 Å². The van der Waals surface area contributed by atoms with Crippen molar-refractivity contribution in [2.75, 3.05) is 25.6 Å². The predicted molar refractivity (Wildman–Crippen MR) is 62.7 cm³/mol. The van der Waals surface area contributed by atoms with Crippen LogP contribution in [-0.2, 0) is 9.53 Å². The fraction of sp³-hybridized carbons (Fsp3) is 0.417. The first-order chi connectivity index (χ1) is 8.17. The van der Waals surface area contributed by atoms with Gasteiger partial charge in [0.1, 0.15) is 0 Å². The molecule has 5 heteroatoms. The first-order valence-corrected chi connectivity index (χ1v) is 5.40. The number of halogens is 1. The predicted octanol–water partition coefficient (Wildman–Crippen LogP) is 2.20. The summed E-state index contributed by atoms with van der Waals surface area (Å²) < 4.78 is 22.9. The zero-order valence-electron chi connectivity index (χ0n) is 9.96. The first-order valence-electron chi connectivity index (χ1n) is 5.40. The second-order valence-electron chi connectivity index (χ2n) is 3.33. The minimum Gasteiger partial charge on any atom is -0.494 e. The molecule has 0 aliphatic rings. The van der Waals surface area contributed by atoms with Crippen LogP contribution in [0.1, 0.15) is 13.3 Å². The van der Waals surface area contributed by atoms with Gasteiger partial charge < -0.3 is 14.8 Å². The van der Waals surface area contributed by atoms with Gasteiger partial charge >= 0.3 is 5.97 Å². The van der Waals surface area contributed by atoms with Crippen molar-refractivity contribution < 1.29 is 18.7 Å². The van der Waals surface area contributed by atoms with Gasteiger partial charge in [-0.1, -0.05) is 0 Å². The number of benzene rings is 1. The normalized spacial score (nSPS) is 9.82. The van der Waals surface area contributed by atoms with Crippen LogP contribution in [-0.4, -0.2) is 26.2 Å². The first kappa shape index (κ1) is 13.3. The maximum Gasteiger partial charge on any atom is 0.307 e. The Morgan fingerprint density at radius 3 is 2.82 bits per heavy atom. The molecule has 94 valence electrons. The molecular formula is C12H16FNO3. The van der Waals surface area contributed by atoms with Crippen LogP contribution in [0, 0.1) is 5.82 Å². The van der Waals surface area contributed by atoms with Gasteiger partial charge in [0.2, 0.25) is 0 Å². The lowest BCUT2D eigenvalue weighted by molar-refractivity contribution is -0.142. The van der Waals surface area contributed by atoms with E-state index in [0.29, 0.717) is 18.8 Å². The lowest BCUT2D eigenvalue weighted by atomic mass is 10.3. The Bertz CT molecular complexity index is 382. The highest BCUT2D eigenvalue weighted by Crippen LogP contribution is 2.20. The van der Waals surface area contributed by atoms with E-state index < -0.39 is 5.82 Å². The third kappa shape index (κ3) is 4.30. The third-order valence-corrected chi connectivity index (χ3v) is 2.12. The zero-order chi connectivity index (χ0) is 12.7. The quantitative estimate of drug-likeness (QED) is 0.776. The molecule has 17 heavy (non-hydrogen) atoms. The number of rotatable bonds is 6. The maximum atomic E-state index is 13.3. The molecule has 0 aromatic heterocycles. The zero-order valence-corrected chi connectivity index (χ0v) is 9.96. The van der Waals surface area contributed by atoms with Gasteiger partial charge in [-0.2, -0.15) is 0 Å². The molecule has 0 bridgehead atoms. The van der Waals surface area contributed by atoms with Crippen molar-refractivity contribution in [2.24, 2.45) is 0 Å². The highest BCUT2D eigenvalue weighted by atomic mass is 19.1. The van der Waals surface area contributed by atoms with Gasteiger partial charge in [-0.3, -0.25) is 4.79 Å². The van der Waals surface area contributed by atoms with Gasteiger partial charge in [-0.25, -0.2) is 4.39 Å². The number of carbonyl (C=O) groups is 1. The van der Waals surface area contributed by atoms with Gasteiger partial charge in [0.15, 0.2) is 11.6 Å². The van der Waals surface area contributed by atoms with Crippen LogP contribution in [0.15, 0.2) is 18.2 Å². The molecule has 1 aromatic rings. The number of hydrogen-bond donors (Lipinski definition) is 1. The standard InChI is InChI=1S/C12H16FNO3/c1-3-17-12(15)6-7-14-9-4-5-11(16-2)10(13)8-9/h4-5,8,14H,3,6-7H2,1-2H3. The monoisotopic (exact) mass is 241 g/mol. The summed E-state index contributed by atoms with van der Waals surface area (Å²) in [5.74, 6) is -0.511. The van der Waals surface area contributed by atoms with E-state index in [9.17, 15) is 9.18 Å². The number of anilines is 1. The van der Waals surface area contributed by atoms with Crippen LogP contribution in [0.2, 0.25) is 0 Å². The molecule has 0 aliphatic heterocycles. The molecule has 0 spiro atoms. The summed E-state index contributed by atoms with van der Waals surface area (Å²) in [7, 11) is 1.41. The minimum atomic E-state index is -0.436. The van der Waals surface area contributed by atoms with Crippen molar-refractivity contribution in [1.29, 1.82) is 0 Å².